The second-order valence-corrected chi connectivity index (χ2v) is 8.42. The first kappa shape index (κ1) is 20.8. The molecular formula is C19H15Br3N4O2. The van der Waals surface area contributed by atoms with E-state index in [4.69, 9.17) is 4.74 Å². The summed E-state index contributed by atoms with van der Waals surface area (Å²) >= 11 is 10.2. The monoisotopic (exact) mass is 568 g/mol. The van der Waals surface area contributed by atoms with E-state index in [1.807, 2.05) is 42.5 Å². The number of hydrazone groups is 1. The van der Waals surface area contributed by atoms with E-state index in [2.05, 4.69) is 63.4 Å². The number of hydrogen-bond acceptors (Lipinski definition) is 4. The van der Waals surface area contributed by atoms with Crippen LogP contribution in [0.2, 0.25) is 0 Å². The van der Waals surface area contributed by atoms with Gasteiger partial charge in [-0.05, 0) is 51.8 Å². The Bertz CT molecular complexity index is 1020. The average molecular weight is 571 g/mol. The van der Waals surface area contributed by atoms with Gasteiger partial charge in [0.25, 0.3) is 5.91 Å². The fourth-order valence-corrected chi connectivity index (χ4v) is 3.57. The van der Waals surface area contributed by atoms with Gasteiger partial charge in [0.1, 0.15) is 5.75 Å². The summed E-state index contributed by atoms with van der Waals surface area (Å²) in [6, 6.07) is 13.4. The summed E-state index contributed by atoms with van der Waals surface area (Å²) in [5.74, 6) is 0.243. The van der Waals surface area contributed by atoms with E-state index in [0.29, 0.717) is 16.8 Å². The number of aromatic nitrogens is 2. The standard InChI is InChI=1S/C19H15Br3N4O2/c1-28-17-7-6-15(21)8-13(17)9-23-24-19(27)18-16(22)11-26(25-18)10-12-2-4-14(20)5-3-12/h2-9,11H,10H2,1H3,(H,24,27)/b23-9+. The summed E-state index contributed by atoms with van der Waals surface area (Å²) in [4.78, 5) is 12.4. The molecule has 3 aromatic rings. The summed E-state index contributed by atoms with van der Waals surface area (Å²) in [6.07, 6.45) is 3.28. The molecule has 6 nitrogen and oxygen atoms in total. The summed E-state index contributed by atoms with van der Waals surface area (Å²) in [5, 5.41) is 8.35. The molecule has 0 saturated carbocycles. The van der Waals surface area contributed by atoms with Crippen molar-refractivity contribution in [3.63, 3.8) is 0 Å². The van der Waals surface area contributed by atoms with Crippen LogP contribution in [0.5, 0.6) is 5.75 Å². The van der Waals surface area contributed by atoms with Gasteiger partial charge in [-0.1, -0.05) is 44.0 Å². The van der Waals surface area contributed by atoms with Crippen molar-refractivity contribution >= 4 is 59.9 Å². The first-order chi connectivity index (χ1) is 13.5. The lowest BCUT2D eigenvalue weighted by atomic mass is 10.2. The van der Waals surface area contributed by atoms with E-state index in [-0.39, 0.29) is 5.69 Å². The molecule has 0 atom stereocenters. The summed E-state index contributed by atoms with van der Waals surface area (Å²) < 4.78 is 9.47. The predicted octanol–water partition coefficient (Wildman–Crippen LogP) is 4.99. The molecule has 0 saturated heterocycles. The lowest BCUT2D eigenvalue weighted by Crippen LogP contribution is -2.19. The molecule has 0 unspecified atom stereocenters. The van der Waals surface area contributed by atoms with E-state index >= 15 is 0 Å². The highest BCUT2D eigenvalue weighted by molar-refractivity contribution is 9.11. The molecule has 0 aliphatic rings. The third kappa shape index (κ3) is 5.30. The Kier molecular flexibility index (Phi) is 7.03. The zero-order valence-corrected chi connectivity index (χ0v) is 19.5. The number of rotatable bonds is 6. The molecule has 0 fully saturated rings. The van der Waals surface area contributed by atoms with Crippen molar-refractivity contribution in [1.29, 1.82) is 0 Å². The second-order valence-electron chi connectivity index (χ2n) is 5.74. The Balaban J connectivity index is 1.68. The van der Waals surface area contributed by atoms with Gasteiger partial charge in [-0.25, -0.2) is 5.43 Å². The van der Waals surface area contributed by atoms with Gasteiger partial charge in [0.15, 0.2) is 5.69 Å². The van der Waals surface area contributed by atoms with Crippen molar-refractivity contribution in [3.8, 4) is 5.75 Å². The van der Waals surface area contributed by atoms with Crippen molar-refractivity contribution < 1.29 is 9.53 Å². The quantitative estimate of drug-likeness (QED) is 0.335. The van der Waals surface area contributed by atoms with Crippen LogP contribution in [0.1, 0.15) is 21.6 Å². The maximum absolute atomic E-state index is 12.4. The van der Waals surface area contributed by atoms with Gasteiger partial charge in [0, 0.05) is 20.7 Å². The zero-order chi connectivity index (χ0) is 20.1. The highest BCUT2D eigenvalue weighted by Gasteiger charge is 2.15. The minimum absolute atomic E-state index is 0.260. The molecule has 1 heterocycles. The van der Waals surface area contributed by atoms with Crippen LogP contribution < -0.4 is 10.2 Å². The molecule has 0 spiro atoms. The smallest absolute Gasteiger partial charge is 0.293 e. The molecule has 0 radical (unpaired) electrons. The molecule has 1 amide bonds. The van der Waals surface area contributed by atoms with Crippen LogP contribution >= 0.6 is 47.8 Å². The summed E-state index contributed by atoms with van der Waals surface area (Å²) in [5.41, 5.74) is 4.56. The number of carbonyl (C=O) groups excluding carboxylic acids is 1. The highest BCUT2D eigenvalue weighted by Crippen LogP contribution is 2.21. The fourth-order valence-electron chi connectivity index (χ4n) is 2.43. The van der Waals surface area contributed by atoms with Crippen molar-refractivity contribution in [3.05, 3.63) is 78.9 Å². The minimum atomic E-state index is -0.411. The van der Waals surface area contributed by atoms with E-state index in [9.17, 15) is 4.79 Å². The number of nitrogens with one attached hydrogen (secondary N) is 1. The Labute approximate surface area is 187 Å². The third-order valence-electron chi connectivity index (χ3n) is 3.75. The molecule has 144 valence electrons. The van der Waals surface area contributed by atoms with Crippen molar-refractivity contribution in [2.45, 2.75) is 6.54 Å². The van der Waals surface area contributed by atoms with Crippen LogP contribution in [-0.4, -0.2) is 29.0 Å². The largest absolute Gasteiger partial charge is 0.496 e. The van der Waals surface area contributed by atoms with E-state index < -0.39 is 5.91 Å². The summed E-state index contributed by atoms with van der Waals surface area (Å²) in [6.45, 7) is 0.553. The van der Waals surface area contributed by atoms with Crippen molar-refractivity contribution in [2.24, 2.45) is 5.10 Å². The van der Waals surface area contributed by atoms with Gasteiger partial charge < -0.3 is 4.74 Å². The maximum atomic E-state index is 12.4. The van der Waals surface area contributed by atoms with E-state index in [1.54, 1.807) is 18.0 Å². The average Bonchev–Trinajstić information content (AvgIpc) is 3.04. The Morgan fingerprint density at radius 2 is 1.89 bits per heavy atom. The van der Waals surface area contributed by atoms with Crippen LogP contribution in [-0.2, 0) is 6.54 Å². The zero-order valence-electron chi connectivity index (χ0n) is 14.7. The summed E-state index contributed by atoms with van der Waals surface area (Å²) in [7, 11) is 1.58. The molecule has 1 N–H and O–H groups in total. The number of benzene rings is 2. The van der Waals surface area contributed by atoms with Crippen LogP contribution in [0.25, 0.3) is 0 Å². The van der Waals surface area contributed by atoms with Gasteiger partial charge in [0.2, 0.25) is 0 Å². The molecule has 28 heavy (non-hydrogen) atoms. The lowest BCUT2D eigenvalue weighted by Gasteiger charge is -2.04. The molecule has 0 aliphatic carbocycles. The number of hydrogen-bond donors (Lipinski definition) is 1. The minimum Gasteiger partial charge on any atom is -0.496 e. The number of methoxy groups -OCH3 is 1. The molecule has 3 rings (SSSR count). The van der Waals surface area contributed by atoms with Crippen molar-refractivity contribution in [1.82, 2.24) is 15.2 Å². The maximum Gasteiger partial charge on any atom is 0.293 e. The molecule has 2 aromatic carbocycles. The van der Waals surface area contributed by atoms with Crippen molar-refractivity contribution in [2.75, 3.05) is 7.11 Å². The molecule has 0 aliphatic heterocycles. The van der Waals surface area contributed by atoms with Gasteiger partial charge in [-0.3, -0.25) is 9.48 Å². The lowest BCUT2D eigenvalue weighted by molar-refractivity contribution is 0.0948. The number of carbonyl (C=O) groups is 1. The normalized spacial score (nSPS) is 11.0. The Morgan fingerprint density at radius 3 is 2.61 bits per heavy atom. The number of ether oxygens (including phenoxy) is 1. The second kappa shape index (κ2) is 9.49. The van der Waals surface area contributed by atoms with Crippen LogP contribution in [0.15, 0.2) is 67.2 Å². The molecule has 9 heteroatoms. The first-order valence-electron chi connectivity index (χ1n) is 8.10. The Morgan fingerprint density at radius 1 is 1.18 bits per heavy atom. The van der Waals surface area contributed by atoms with Gasteiger partial charge in [0.05, 0.1) is 24.3 Å². The molecule has 1 aromatic heterocycles. The van der Waals surface area contributed by atoms with Crippen LogP contribution in [0.3, 0.4) is 0 Å². The number of amides is 1. The number of halogens is 3. The van der Waals surface area contributed by atoms with Gasteiger partial charge in [-0.2, -0.15) is 10.2 Å². The highest BCUT2D eigenvalue weighted by atomic mass is 79.9. The molecule has 0 bridgehead atoms. The SMILES string of the molecule is COc1ccc(Br)cc1/C=N/NC(=O)c1nn(Cc2ccc(Br)cc2)cc1Br. The van der Waals surface area contributed by atoms with Gasteiger partial charge in [-0.15, -0.1) is 0 Å². The van der Waals surface area contributed by atoms with E-state index in [0.717, 1.165) is 20.1 Å². The topological polar surface area (TPSA) is 68.5 Å². The number of nitrogens with zero attached hydrogens (tertiary/aromatic N) is 3. The first-order valence-corrected chi connectivity index (χ1v) is 10.5. The Hall–Kier alpha value is -1.97. The fraction of sp³-hybridized carbons (Fsp3) is 0.105. The predicted molar refractivity (Wildman–Crippen MR) is 119 cm³/mol. The molecular weight excluding hydrogens is 556 g/mol. The third-order valence-corrected chi connectivity index (χ3v) is 5.35. The van der Waals surface area contributed by atoms with Crippen LogP contribution in [0, 0.1) is 0 Å². The van der Waals surface area contributed by atoms with Crippen LogP contribution in [0.4, 0.5) is 0 Å². The van der Waals surface area contributed by atoms with E-state index in [1.165, 1.54) is 6.21 Å². The van der Waals surface area contributed by atoms with Gasteiger partial charge >= 0.3 is 0 Å².